The number of anilines is 1. The number of hydrogen-bond acceptors (Lipinski definition) is 3. The molecule has 0 aliphatic rings. The molecule has 1 aromatic carbocycles. The second-order valence-corrected chi connectivity index (χ2v) is 5.45. The van der Waals surface area contributed by atoms with Gasteiger partial charge in [-0.15, -0.1) is 0 Å². The van der Waals surface area contributed by atoms with Crippen molar-refractivity contribution in [1.29, 1.82) is 0 Å². The van der Waals surface area contributed by atoms with Crippen LogP contribution in [0.5, 0.6) is 0 Å². The molecule has 116 valence electrons. The van der Waals surface area contributed by atoms with Crippen LogP contribution in [0.25, 0.3) is 0 Å². The number of nitrogens with two attached hydrogens (primary N) is 1. The van der Waals surface area contributed by atoms with E-state index in [-0.39, 0.29) is 17.7 Å². The summed E-state index contributed by atoms with van der Waals surface area (Å²) in [5, 5.41) is 5.63. The number of amides is 2. The van der Waals surface area contributed by atoms with E-state index >= 15 is 0 Å². The van der Waals surface area contributed by atoms with Crippen LogP contribution in [-0.2, 0) is 16.1 Å². The van der Waals surface area contributed by atoms with Gasteiger partial charge in [0.25, 0.3) is 0 Å². The first-order chi connectivity index (χ1) is 9.93. The molecule has 1 rings (SSSR count). The lowest BCUT2D eigenvalue weighted by atomic mass is 10.1. The maximum atomic E-state index is 11.7. The molecule has 1 aromatic rings. The monoisotopic (exact) mass is 291 g/mol. The molecule has 0 fully saturated rings. The molecule has 5 nitrogen and oxygen atoms in total. The summed E-state index contributed by atoms with van der Waals surface area (Å²) in [6.45, 7) is 6.13. The van der Waals surface area contributed by atoms with Crippen LogP contribution >= 0.6 is 0 Å². The van der Waals surface area contributed by atoms with Gasteiger partial charge in [-0.25, -0.2) is 0 Å². The minimum Gasteiger partial charge on any atom is -0.351 e. The summed E-state index contributed by atoms with van der Waals surface area (Å²) in [4.78, 5) is 23.3. The molecule has 0 aliphatic carbocycles. The Morgan fingerprint density at radius 3 is 2.29 bits per heavy atom. The number of carbonyl (C=O) groups excluding carboxylic acids is 2. The zero-order chi connectivity index (χ0) is 15.8. The molecule has 0 saturated heterocycles. The van der Waals surface area contributed by atoms with Crippen LogP contribution < -0.4 is 16.4 Å². The highest BCUT2D eigenvalue weighted by atomic mass is 16.2. The van der Waals surface area contributed by atoms with Crippen LogP contribution in [-0.4, -0.2) is 17.9 Å². The molecular weight excluding hydrogens is 266 g/mol. The molecule has 0 aromatic heterocycles. The standard InChI is InChI=1S/C16H25N3O2/c1-4-5-14(17)16(21)18-10-12-6-8-13(9-7-12)19-15(20)11(2)3/h6-9,11,14H,4-5,10,17H2,1-3H3,(H,18,21)(H,19,20). The summed E-state index contributed by atoms with van der Waals surface area (Å²) in [5.74, 6) is -0.195. The van der Waals surface area contributed by atoms with Gasteiger partial charge < -0.3 is 16.4 Å². The van der Waals surface area contributed by atoms with Gasteiger partial charge in [0.15, 0.2) is 0 Å². The van der Waals surface area contributed by atoms with Gasteiger partial charge in [-0.1, -0.05) is 39.3 Å². The fraction of sp³-hybridized carbons (Fsp3) is 0.500. The van der Waals surface area contributed by atoms with E-state index in [1.807, 2.05) is 45.0 Å². The highest BCUT2D eigenvalue weighted by molar-refractivity contribution is 5.92. The van der Waals surface area contributed by atoms with E-state index in [4.69, 9.17) is 5.73 Å². The molecule has 0 saturated carbocycles. The Kier molecular flexibility index (Phi) is 6.88. The first-order valence-electron chi connectivity index (χ1n) is 7.37. The van der Waals surface area contributed by atoms with Crippen molar-refractivity contribution in [3.05, 3.63) is 29.8 Å². The first kappa shape index (κ1) is 17.2. The summed E-state index contributed by atoms with van der Waals surface area (Å²) in [6.07, 6.45) is 1.57. The average Bonchev–Trinajstić information content (AvgIpc) is 2.46. The molecule has 1 unspecified atom stereocenters. The van der Waals surface area contributed by atoms with E-state index in [9.17, 15) is 9.59 Å². The van der Waals surface area contributed by atoms with E-state index in [1.165, 1.54) is 0 Å². The third-order valence-electron chi connectivity index (χ3n) is 3.15. The van der Waals surface area contributed by atoms with Gasteiger partial charge in [-0.05, 0) is 24.1 Å². The Balaban J connectivity index is 2.48. The Morgan fingerprint density at radius 2 is 1.76 bits per heavy atom. The van der Waals surface area contributed by atoms with Gasteiger partial charge in [0, 0.05) is 18.2 Å². The van der Waals surface area contributed by atoms with Crippen molar-refractivity contribution < 1.29 is 9.59 Å². The topological polar surface area (TPSA) is 84.2 Å². The van der Waals surface area contributed by atoms with Crippen molar-refractivity contribution >= 4 is 17.5 Å². The highest BCUT2D eigenvalue weighted by Gasteiger charge is 2.11. The lowest BCUT2D eigenvalue weighted by Crippen LogP contribution is -2.40. The van der Waals surface area contributed by atoms with Gasteiger partial charge in [0.1, 0.15) is 0 Å². The van der Waals surface area contributed by atoms with Crippen LogP contribution in [0.1, 0.15) is 39.2 Å². The Labute approximate surface area is 126 Å². The van der Waals surface area contributed by atoms with E-state index in [2.05, 4.69) is 10.6 Å². The van der Waals surface area contributed by atoms with Crippen molar-refractivity contribution in [1.82, 2.24) is 5.32 Å². The molecule has 0 spiro atoms. The Morgan fingerprint density at radius 1 is 1.14 bits per heavy atom. The average molecular weight is 291 g/mol. The van der Waals surface area contributed by atoms with Crippen LogP contribution in [0, 0.1) is 5.92 Å². The SMILES string of the molecule is CCCC(N)C(=O)NCc1ccc(NC(=O)C(C)C)cc1. The van der Waals surface area contributed by atoms with Crippen LogP contribution in [0.2, 0.25) is 0 Å². The molecule has 21 heavy (non-hydrogen) atoms. The van der Waals surface area contributed by atoms with Gasteiger partial charge in [-0.3, -0.25) is 9.59 Å². The number of carbonyl (C=O) groups is 2. The Hall–Kier alpha value is -1.88. The van der Waals surface area contributed by atoms with Crippen molar-refractivity contribution in [3.63, 3.8) is 0 Å². The number of nitrogens with one attached hydrogen (secondary N) is 2. The van der Waals surface area contributed by atoms with E-state index < -0.39 is 6.04 Å². The minimum atomic E-state index is -0.445. The lowest BCUT2D eigenvalue weighted by molar-refractivity contribution is -0.122. The zero-order valence-corrected chi connectivity index (χ0v) is 13.0. The van der Waals surface area contributed by atoms with Crippen molar-refractivity contribution in [2.45, 2.75) is 46.2 Å². The normalized spacial score (nSPS) is 12.0. The van der Waals surface area contributed by atoms with E-state index in [0.717, 1.165) is 17.7 Å². The van der Waals surface area contributed by atoms with Crippen LogP contribution in [0.4, 0.5) is 5.69 Å². The number of hydrogen-bond donors (Lipinski definition) is 3. The third kappa shape index (κ3) is 5.95. The quantitative estimate of drug-likeness (QED) is 0.718. The fourth-order valence-electron chi connectivity index (χ4n) is 1.75. The van der Waals surface area contributed by atoms with E-state index in [1.54, 1.807) is 0 Å². The lowest BCUT2D eigenvalue weighted by Gasteiger charge is -2.12. The van der Waals surface area contributed by atoms with Gasteiger partial charge >= 0.3 is 0 Å². The second-order valence-electron chi connectivity index (χ2n) is 5.45. The predicted octanol–water partition coefficient (Wildman–Crippen LogP) is 2.02. The molecule has 0 bridgehead atoms. The zero-order valence-electron chi connectivity index (χ0n) is 13.0. The summed E-state index contributed by atoms with van der Waals surface area (Å²) in [7, 11) is 0. The number of rotatable bonds is 7. The number of benzene rings is 1. The molecule has 2 amide bonds. The second kappa shape index (κ2) is 8.42. The van der Waals surface area contributed by atoms with Crippen molar-refractivity contribution in [3.8, 4) is 0 Å². The fourth-order valence-corrected chi connectivity index (χ4v) is 1.75. The summed E-state index contributed by atoms with van der Waals surface area (Å²) < 4.78 is 0. The Bertz CT molecular complexity index is 469. The maximum Gasteiger partial charge on any atom is 0.237 e. The van der Waals surface area contributed by atoms with Crippen LogP contribution in [0.3, 0.4) is 0 Å². The summed E-state index contributed by atoms with van der Waals surface area (Å²) >= 11 is 0. The first-order valence-corrected chi connectivity index (χ1v) is 7.37. The molecule has 0 heterocycles. The summed E-state index contributed by atoms with van der Waals surface area (Å²) in [6, 6.07) is 6.96. The third-order valence-corrected chi connectivity index (χ3v) is 3.15. The highest BCUT2D eigenvalue weighted by Crippen LogP contribution is 2.11. The molecule has 1 atom stereocenters. The van der Waals surface area contributed by atoms with Crippen LogP contribution in [0.15, 0.2) is 24.3 Å². The predicted molar refractivity (Wildman–Crippen MR) is 84.6 cm³/mol. The molecule has 5 heteroatoms. The molecule has 0 aliphatic heterocycles. The van der Waals surface area contributed by atoms with E-state index in [0.29, 0.717) is 13.0 Å². The largest absolute Gasteiger partial charge is 0.351 e. The van der Waals surface area contributed by atoms with Crippen molar-refractivity contribution in [2.75, 3.05) is 5.32 Å². The summed E-state index contributed by atoms with van der Waals surface area (Å²) in [5.41, 5.74) is 7.46. The van der Waals surface area contributed by atoms with Gasteiger partial charge in [0.05, 0.1) is 6.04 Å². The van der Waals surface area contributed by atoms with Gasteiger partial charge in [0.2, 0.25) is 11.8 Å². The minimum absolute atomic E-state index is 0.0124. The maximum absolute atomic E-state index is 11.7. The van der Waals surface area contributed by atoms with Crippen molar-refractivity contribution in [2.24, 2.45) is 11.7 Å². The smallest absolute Gasteiger partial charge is 0.237 e. The van der Waals surface area contributed by atoms with Gasteiger partial charge in [-0.2, -0.15) is 0 Å². The molecular formula is C16H25N3O2. The molecule has 0 radical (unpaired) electrons. The molecule has 4 N–H and O–H groups in total.